The van der Waals surface area contributed by atoms with Gasteiger partial charge in [-0.3, -0.25) is 4.40 Å². The lowest BCUT2D eigenvalue weighted by atomic mass is 10.1. The molecule has 24 heavy (non-hydrogen) atoms. The van der Waals surface area contributed by atoms with E-state index in [0.29, 0.717) is 0 Å². The molecule has 0 unspecified atom stereocenters. The second kappa shape index (κ2) is 5.30. The van der Waals surface area contributed by atoms with Gasteiger partial charge in [0, 0.05) is 49.9 Å². The molecule has 0 aliphatic carbocycles. The highest BCUT2D eigenvalue weighted by molar-refractivity contribution is 5.58. The number of aryl methyl sites for hydroxylation is 3. The molecular formula is C19H21N5+2. The van der Waals surface area contributed by atoms with Crippen molar-refractivity contribution >= 4 is 5.78 Å². The maximum absolute atomic E-state index is 4.41. The van der Waals surface area contributed by atoms with Gasteiger partial charge in [0.25, 0.3) is 11.4 Å². The first-order valence-corrected chi connectivity index (χ1v) is 8.01. The van der Waals surface area contributed by atoms with Crippen LogP contribution in [0.25, 0.3) is 28.6 Å². The van der Waals surface area contributed by atoms with Gasteiger partial charge in [-0.2, -0.15) is 9.13 Å². The van der Waals surface area contributed by atoms with E-state index in [1.54, 1.807) is 0 Å². The molecule has 0 atom stereocenters. The molecule has 0 spiro atoms. The molecule has 0 N–H and O–H groups in total. The summed E-state index contributed by atoms with van der Waals surface area (Å²) in [6, 6.07) is 10.8. The Morgan fingerprint density at radius 1 is 1.04 bits per heavy atom. The Kier molecular flexibility index (Phi) is 3.23. The van der Waals surface area contributed by atoms with Crippen molar-refractivity contribution in [3.8, 4) is 22.8 Å². The van der Waals surface area contributed by atoms with Crippen molar-refractivity contribution in [2.24, 2.45) is 21.1 Å². The molecule has 4 rings (SSSR count). The first kappa shape index (κ1) is 14.6. The fraction of sp³-hybridized carbons (Fsp3) is 0.211. The Labute approximate surface area is 141 Å². The van der Waals surface area contributed by atoms with Gasteiger partial charge in [0.15, 0.2) is 6.20 Å². The van der Waals surface area contributed by atoms with Crippen molar-refractivity contribution in [2.75, 3.05) is 0 Å². The molecule has 0 bridgehead atoms. The highest BCUT2D eigenvalue weighted by Gasteiger charge is 2.24. The van der Waals surface area contributed by atoms with Crippen LogP contribution in [0.4, 0.5) is 0 Å². The average molecular weight is 319 g/mol. The quantitative estimate of drug-likeness (QED) is 0.520. The largest absolute Gasteiger partial charge is 0.308 e. The summed E-state index contributed by atoms with van der Waals surface area (Å²) in [5, 5.41) is 0. The van der Waals surface area contributed by atoms with Gasteiger partial charge in [-0.25, -0.2) is 4.98 Å². The van der Waals surface area contributed by atoms with Crippen molar-refractivity contribution in [3.05, 3.63) is 60.7 Å². The van der Waals surface area contributed by atoms with Gasteiger partial charge in [0.2, 0.25) is 11.5 Å². The Hall–Kier alpha value is -2.95. The molecule has 5 nitrogen and oxygen atoms in total. The van der Waals surface area contributed by atoms with Crippen LogP contribution in [0.3, 0.4) is 0 Å². The molecule has 5 heteroatoms. The SMILES string of the molecule is Cc1cc[n+](C)c(-c2cccc(-c3cn4ccnc4n3C)[n+]2C)c1. The van der Waals surface area contributed by atoms with Crippen LogP contribution in [0, 0.1) is 6.92 Å². The third-order valence-corrected chi connectivity index (χ3v) is 4.63. The fourth-order valence-electron chi connectivity index (χ4n) is 3.26. The number of fused-ring (bicyclic) bond motifs is 1. The van der Waals surface area contributed by atoms with Crippen molar-refractivity contribution in [1.82, 2.24) is 14.0 Å². The van der Waals surface area contributed by atoms with Gasteiger partial charge in [-0.15, -0.1) is 0 Å². The van der Waals surface area contributed by atoms with Gasteiger partial charge in [0.1, 0.15) is 19.8 Å². The van der Waals surface area contributed by atoms with Gasteiger partial charge < -0.3 is 4.57 Å². The smallest absolute Gasteiger partial charge is 0.277 e. The standard InChI is InChI=1S/C19H21N5/c1-14-8-10-21(2)17(12-14)15-6-5-7-16(22(15)3)18-13-24-11-9-20-19(24)23(18)4/h5-13H,1-4H3/q+2. The molecule has 4 heterocycles. The molecule has 0 saturated heterocycles. The van der Waals surface area contributed by atoms with E-state index < -0.39 is 0 Å². The zero-order valence-corrected chi connectivity index (χ0v) is 14.4. The van der Waals surface area contributed by atoms with E-state index in [-0.39, 0.29) is 0 Å². The number of imidazole rings is 2. The van der Waals surface area contributed by atoms with E-state index in [1.165, 1.54) is 17.0 Å². The second-order valence-corrected chi connectivity index (χ2v) is 6.26. The minimum absolute atomic E-state index is 0.941. The van der Waals surface area contributed by atoms with Crippen LogP contribution >= 0.6 is 0 Å². The van der Waals surface area contributed by atoms with Gasteiger partial charge in [0.05, 0.1) is 0 Å². The molecule has 0 aliphatic heterocycles. The number of hydrogen-bond donors (Lipinski definition) is 0. The van der Waals surface area contributed by atoms with Crippen LogP contribution in [0.1, 0.15) is 5.56 Å². The van der Waals surface area contributed by atoms with E-state index in [9.17, 15) is 0 Å². The lowest BCUT2D eigenvalue weighted by Crippen LogP contribution is -2.40. The molecule has 4 aromatic rings. The lowest BCUT2D eigenvalue weighted by Gasteiger charge is -2.05. The van der Waals surface area contributed by atoms with E-state index in [2.05, 4.69) is 93.9 Å². The zero-order chi connectivity index (χ0) is 16.8. The Morgan fingerprint density at radius 3 is 2.62 bits per heavy atom. The normalized spacial score (nSPS) is 11.3. The summed E-state index contributed by atoms with van der Waals surface area (Å²) in [4.78, 5) is 4.41. The summed E-state index contributed by atoms with van der Waals surface area (Å²) in [7, 11) is 6.25. The van der Waals surface area contributed by atoms with Crippen LogP contribution < -0.4 is 9.13 Å². The van der Waals surface area contributed by atoms with Crippen LogP contribution in [0.5, 0.6) is 0 Å². The van der Waals surface area contributed by atoms with E-state index in [0.717, 1.165) is 17.2 Å². The highest BCUT2D eigenvalue weighted by Crippen LogP contribution is 2.21. The topological polar surface area (TPSA) is 30.0 Å². The molecular weight excluding hydrogens is 298 g/mol. The predicted molar refractivity (Wildman–Crippen MR) is 92.1 cm³/mol. The third-order valence-electron chi connectivity index (χ3n) is 4.63. The van der Waals surface area contributed by atoms with Gasteiger partial charge in [-0.05, 0) is 18.6 Å². The second-order valence-electron chi connectivity index (χ2n) is 6.26. The summed E-state index contributed by atoms with van der Waals surface area (Å²) < 4.78 is 8.57. The van der Waals surface area contributed by atoms with Crippen molar-refractivity contribution in [2.45, 2.75) is 6.92 Å². The van der Waals surface area contributed by atoms with Crippen LogP contribution in [0.15, 0.2) is 55.1 Å². The minimum atomic E-state index is 0.941. The molecule has 0 saturated carbocycles. The van der Waals surface area contributed by atoms with Crippen LogP contribution in [0.2, 0.25) is 0 Å². The summed E-state index contributed by atoms with van der Waals surface area (Å²) in [5.41, 5.74) is 5.92. The fourth-order valence-corrected chi connectivity index (χ4v) is 3.26. The van der Waals surface area contributed by atoms with Crippen molar-refractivity contribution in [1.29, 1.82) is 0 Å². The minimum Gasteiger partial charge on any atom is -0.308 e. The number of hydrogen-bond acceptors (Lipinski definition) is 1. The summed E-state index contributed by atoms with van der Waals surface area (Å²) in [6.45, 7) is 2.12. The average Bonchev–Trinajstić information content (AvgIpc) is 3.14. The van der Waals surface area contributed by atoms with Gasteiger partial charge >= 0.3 is 0 Å². The Balaban J connectivity index is 1.94. The van der Waals surface area contributed by atoms with E-state index in [4.69, 9.17) is 0 Å². The zero-order valence-electron chi connectivity index (χ0n) is 14.4. The number of rotatable bonds is 2. The lowest BCUT2D eigenvalue weighted by molar-refractivity contribution is -0.685. The monoisotopic (exact) mass is 319 g/mol. The molecule has 0 aromatic carbocycles. The first-order chi connectivity index (χ1) is 11.6. The molecule has 0 aliphatic rings. The molecule has 0 amide bonds. The summed E-state index contributed by atoms with van der Waals surface area (Å²) >= 11 is 0. The maximum Gasteiger partial charge on any atom is 0.277 e. The Bertz CT molecular complexity index is 1050. The summed E-state index contributed by atoms with van der Waals surface area (Å²) in [6.07, 6.45) is 8.02. The van der Waals surface area contributed by atoms with E-state index >= 15 is 0 Å². The van der Waals surface area contributed by atoms with Crippen molar-refractivity contribution < 1.29 is 9.13 Å². The van der Waals surface area contributed by atoms with Crippen LogP contribution in [-0.4, -0.2) is 14.0 Å². The first-order valence-electron chi connectivity index (χ1n) is 8.01. The molecule has 120 valence electrons. The maximum atomic E-state index is 4.41. The van der Waals surface area contributed by atoms with Gasteiger partial charge in [-0.1, -0.05) is 0 Å². The number of aromatic nitrogens is 5. The Morgan fingerprint density at radius 2 is 1.83 bits per heavy atom. The molecule has 0 fully saturated rings. The van der Waals surface area contributed by atoms with E-state index in [1.807, 2.05) is 12.4 Å². The molecule has 0 radical (unpaired) electrons. The highest BCUT2D eigenvalue weighted by atomic mass is 15.2. The molecule has 4 aromatic heterocycles. The number of nitrogens with zero attached hydrogens (tertiary/aromatic N) is 5. The third kappa shape index (κ3) is 2.12. The van der Waals surface area contributed by atoms with Crippen molar-refractivity contribution in [3.63, 3.8) is 0 Å². The predicted octanol–water partition coefficient (Wildman–Crippen LogP) is 1.96. The summed E-state index contributed by atoms with van der Waals surface area (Å²) in [5.74, 6) is 0.941. The number of pyridine rings is 2. The van der Waals surface area contributed by atoms with Crippen LogP contribution in [-0.2, 0) is 21.1 Å².